The van der Waals surface area contributed by atoms with Gasteiger partial charge in [-0.15, -0.1) is 0 Å². The molecule has 0 unspecified atom stereocenters. The number of nitrogens with two attached hydrogens (primary N) is 1. The minimum absolute atomic E-state index is 0.351. The van der Waals surface area contributed by atoms with Crippen LogP contribution in [0, 0.1) is 0 Å². The van der Waals surface area contributed by atoms with E-state index in [0.29, 0.717) is 6.67 Å². The van der Waals surface area contributed by atoms with E-state index >= 15 is 0 Å². The minimum atomic E-state index is 0.351. The van der Waals surface area contributed by atoms with Crippen LogP contribution in [-0.4, -0.2) is 11.7 Å². The van der Waals surface area contributed by atoms with Gasteiger partial charge in [-0.05, 0) is 28.1 Å². The van der Waals surface area contributed by atoms with Gasteiger partial charge in [-0.2, -0.15) is 0 Å². The van der Waals surface area contributed by atoms with Gasteiger partial charge in [-0.25, -0.2) is 4.98 Å². The zero-order valence-electron chi connectivity index (χ0n) is 7.76. The lowest BCUT2D eigenvalue weighted by Gasteiger charge is -2.08. The van der Waals surface area contributed by atoms with Crippen LogP contribution in [0.15, 0.2) is 23.7 Å². The third-order valence-corrected chi connectivity index (χ3v) is 2.37. The second kappa shape index (κ2) is 4.93. The minimum Gasteiger partial charge on any atom is -0.358 e. The van der Waals surface area contributed by atoms with E-state index in [1.807, 2.05) is 6.07 Å². The Morgan fingerprint density at radius 3 is 2.71 bits per heavy atom. The Balaban J connectivity index is 3.23. The summed E-state index contributed by atoms with van der Waals surface area (Å²) in [5, 5.41) is 2.93. The van der Waals surface area contributed by atoms with Crippen molar-refractivity contribution in [3.05, 3.63) is 35.0 Å². The van der Waals surface area contributed by atoms with Gasteiger partial charge in [0.15, 0.2) is 0 Å². The first-order chi connectivity index (χ1) is 6.72. The van der Waals surface area contributed by atoms with E-state index in [9.17, 15) is 0 Å². The van der Waals surface area contributed by atoms with Crippen molar-refractivity contribution in [2.45, 2.75) is 0 Å². The fourth-order valence-corrected chi connectivity index (χ4v) is 1.68. The summed E-state index contributed by atoms with van der Waals surface area (Å²) in [4.78, 5) is 4.30. The highest BCUT2D eigenvalue weighted by atomic mass is 79.9. The number of anilines is 1. The molecule has 4 heteroatoms. The molecule has 1 aromatic heterocycles. The van der Waals surface area contributed by atoms with Gasteiger partial charge in [0.25, 0.3) is 0 Å². The first-order valence-corrected chi connectivity index (χ1v) is 4.91. The molecule has 1 heterocycles. The summed E-state index contributed by atoms with van der Waals surface area (Å²) >= 11 is 3.43. The van der Waals surface area contributed by atoms with Crippen LogP contribution < -0.4 is 11.1 Å². The summed E-state index contributed by atoms with van der Waals surface area (Å²) in [7, 11) is 0. The average Bonchev–Trinajstić information content (AvgIpc) is 2.17. The number of nitrogens with zero attached hydrogens (tertiary/aromatic N) is 1. The topological polar surface area (TPSA) is 50.9 Å². The molecule has 3 nitrogen and oxygen atoms in total. The first-order valence-electron chi connectivity index (χ1n) is 4.12. The highest BCUT2D eigenvalue weighted by molar-refractivity contribution is 9.10. The summed E-state index contributed by atoms with van der Waals surface area (Å²) in [5.74, 6) is 0.722. The smallest absolute Gasteiger partial charge is 0.128 e. The normalized spacial score (nSPS) is 9.57. The van der Waals surface area contributed by atoms with Crippen LogP contribution >= 0.6 is 15.9 Å². The average molecular weight is 254 g/mol. The Hall–Kier alpha value is -1.13. The molecule has 0 aliphatic heterocycles. The van der Waals surface area contributed by atoms with E-state index in [4.69, 9.17) is 5.73 Å². The first kappa shape index (κ1) is 10.9. The van der Waals surface area contributed by atoms with Gasteiger partial charge in [-0.3, -0.25) is 0 Å². The molecular formula is C10H12BrN3. The fraction of sp³-hybridized carbons (Fsp3) is 0.100. The molecule has 0 fully saturated rings. The molecule has 1 rings (SSSR count). The number of halogens is 1. The molecule has 0 aliphatic carbocycles. The van der Waals surface area contributed by atoms with E-state index in [1.165, 1.54) is 0 Å². The zero-order valence-corrected chi connectivity index (χ0v) is 9.34. The Morgan fingerprint density at radius 2 is 2.21 bits per heavy atom. The lowest BCUT2D eigenvalue weighted by Crippen LogP contribution is -2.12. The third kappa shape index (κ3) is 2.21. The van der Waals surface area contributed by atoms with Crippen LogP contribution in [0.4, 0.5) is 5.82 Å². The molecule has 0 aromatic carbocycles. The molecule has 1 aromatic rings. The highest BCUT2D eigenvalue weighted by Gasteiger charge is 2.05. The molecular weight excluding hydrogens is 242 g/mol. The molecule has 0 bridgehead atoms. The number of hydrogen-bond acceptors (Lipinski definition) is 3. The maximum Gasteiger partial charge on any atom is 0.128 e. The molecule has 14 heavy (non-hydrogen) atoms. The second-order valence-electron chi connectivity index (χ2n) is 2.58. The fourth-order valence-electron chi connectivity index (χ4n) is 1.10. The molecule has 0 spiro atoms. The lowest BCUT2D eigenvalue weighted by atomic mass is 10.2. The summed E-state index contributed by atoms with van der Waals surface area (Å²) < 4.78 is 0.924. The number of rotatable bonds is 4. The maximum atomic E-state index is 5.36. The van der Waals surface area contributed by atoms with Crippen molar-refractivity contribution in [1.82, 2.24) is 4.98 Å². The zero-order chi connectivity index (χ0) is 10.6. The van der Waals surface area contributed by atoms with Crippen molar-refractivity contribution in [2.24, 2.45) is 5.73 Å². The highest BCUT2D eigenvalue weighted by Crippen LogP contribution is 2.24. The van der Waals surface area contributed by atoms with Crippen molar-refractivity contribution in [3.63, 3.8) is 0 Å². The van der Waals surface area contributed by atoms with Crippen molar-refractivity contribution < 1.29 is 0 Å². The largest absolute Gasteiger partial charge is 0.358 e. The Kier molecular flexibility index (Phi) is 3.85. The molecule has 0 atom stereocenters. The van der Waals surface area contributed by atoms with Gasteiger partial charge in [0.1, 0.15) is 5.82 Å². The lowest BCUT2D eigenvalue weighted by molar-refractivity contribution is 1.10. The molecule has 0 amide bonds. The van der Waals surface area contributed by atoms with Gasteiger partial charge in [0, 0.05) is 10.0 Å². The van der Waals surface area contributed by atoms with E-state index in [0.717, 1.165) is 21.5 Å². The number of nitrogens with one attached hydrogen (secondary N) is 1. The van der Waals surface area contributed by atoms with Crippen LogP contribution in [-0.2, 0) is 0 Å². The molecule has 0 saturated heterocycles. The molecule has 3 N–H and O–H groups in total. The number of hydrogen-bond donors (Lipinski definition) is 2. The summed E-state index contributed by atoms with van der Waals surface area (Å²) in [6.07, 6.45) is 3.42. The van der Waals surface area contributed by atoms with Gasteiger partial charge < -0.3 is 11.1 Å². The SMILES string of the molecule is C=Cc1nc(NCN)cc(Br)c1C=C. The predicted molar refractivity (Wildman–Crippen MR) is 64.8 cm³/mol. The van der Waals surface area contributed by atoms with Gasteiger partial charge in [-0.1, -0.05) is 19.2 Å². The maximum absolute atomic E-state index is 5.36. The van der Waals surface area contributed by atoms with E-state index in [-0.39, 0.29) is 0 Å². The van der Waals surface area contributed by atoms with Gasteiger partial charge in [0.05, 0.1) is 12.4 Å². The van der Waals surface area contributed by atoms with Gasteiger partial charge >= 0.3 is 0 Å². The van der Waals surface area contributed by atoms with Gasteiger partial charge in [0.2, 0.25) is 0 Å². The van der Waals surface area contributed by atoms with E-state index < -0.39 is 0 Å². The van der Waals surface area contributed by atoms with Crippen molar-refractivity contribution in [1.29, 1.82) is 0 Å². The summed E-state index contributed by atoms with van der Waals surface area (Å²) in [6.45, 7) is 7.76. The second-order valence-corrected chi connectivity index (χ2v) is 3.43. The molecule has 0 aliphatic rings. The predicted octanol–water partition coefficient (Wildman–Crippen LogP) is 2.46. The molecule has 74 valence electrons. The van der Waals surface area contributed by atoms with Crippen LogP contribution in [0.1, 0.15) is 11.3 Å². The van der Waals surface area contributed by atoms with Crippen LogP contribution in [0.5, 0.6) is 0 Å². The van der Waals surface area contributed by atoms with E-state index in [1.54, 1.807) is 12.2 Å². The Bertz CT molecular complexity index is 361. The van der Waals surface area contributed by atoms with Crippen molar-refractivity contribution in [2.75, 3.05) is 12.0 Å². The molecule has 0 saturated carbocycles. The number of pyridine rings is 1. The number of aromatic nitrogens is 1. The summed E-state index contributed by atoms with van der Waals surface area (Å²) in [5.41, 5.74) is 7.08. The van der Waals surface area contributed by atoms with Crippen LogP contribution in [0.25, 0.3) is 12.2 Å². The quantitative estimate of drug-likeness (QED) is 0.811. The van der Waals surface area contributed by atoms with Crippen molar-refractivity contribution >= 4 is 33.9 Å². The summed E-state index contributed by atoms with van der Waals surface area (Å²) in [6, 6.07) is 1.86. The van der Waals surface area contributed by atoms with Crippen LogP contribution in [0.3, 0.4) is 0 Å². The Labute approximate surface area is 91.9 Å². The molecule has 0 radical (unpaired) electrons. The Morgan fingerprint density at radius 1 is 1.50 bits per heavy atom. The van der Waals surface area contributed by atoms with E-state index in [2.05, 4.69) is 39.4 Å². The standard InChI is InChI=1S/C10H12BrN3/c1-3-7-8(11)5-10(13-6-12)14-9(7)4-2/h3-5H,1-2,6,12H2,(H,13,14). The van der Waals surface area contributed by atoms with Crippen LogP contribution in [0.2, 0.25) is 0 Å². The monoisotopic (exact) mass is 253 g/mol. The third-order valence-electron chi connectivity index (χ3n) is 1.72. The van der Waals surface area contributed by atoms with Crippen molar-refractivity contribution in [3.8, 4) is 0 Å².